The minimum Gasteiger partial charge on any atom is -0.369 e. The highest BCUT2D eigenvalue weighted by Crippen LogP contribution is 2.28. The van der Waals surface area contributed by atoms with E-state index in [1.165, 1.54) is 12.8 Å². The smallest absolute Gasteiger partial charge is 0.149 e. The van der Waals surface area contributed by atoms with Crippen LogP contribution < -0.4 is 10.2 Å². The average Bonchev–Trinajstić information content (AvgIpc) is 2.79. The van der Waals surface area contributed by atoms with E-state index in [1.54, 1.807) is 6.20 Å². The molecule has 1 saturated heterocycles. The summed E-state index contributed by atoms with van der Waals surface area (Å²) in [7, 11) is 0. The first-order valence-electron chi connectivity index (χ1n) is 6.55. The molecular formula is C13H22N4. The van der Waals surface area contributed by atoms with E-state index in [-0.39, 0.29) is 0 Å². The van der Waals surface area contributed by atoms with Gasteiger partial charge in [-0.2, -0.15) is 0 Å². The summed E-state index contributed by atoms with van der Waals surface area (Å²) in [5.41, 5.74) is 0. The molecule has 0 spiro atoms. The minimum atomic E-state index is 0.612. The fraction of sp³-hybridized carbons (Fsp3) is 0.692. The number of nitrogens with one attached hydrogen (secondary N) is 1. The summed E-state index contributed by atoms with van der Waals surface area (Å²) in [6, 6.07) is 0.612. The maximum absolute atomic E-state index is 4.63. The predicted octanol–water partition coefficient (Wildman–Crippen LogP) is 2.53. The van der Waals surface area contributed by atoms with Gasteiger partial charge in [0.15, 0.2) is 0 Å². The first kappa shape index (κ1) is 12.1. The molecule has 4 nitrogen and oxygen atoms in total. The molecule has 1 unspecified atom stereocenters. The zero-order chi connectivity index (χ0) is 12.3. The van der Waals surface area contributed by atoms with E-state index in [0.29, 0.717) is 12.0 Å². The van der Waals surface area contributed by atoms with Gasteiger partial charge < -0.3 is 10.2 Å². The lowest BCUT2D eigenvalue weighted by atomic mass is 10.0. The molecule has 1 aromatic rings. The molecule has 0 amide bonds. The summed E-state index contributed by atoms with van der Waals surface area (Å²) in [5, 5.41) is 3.22. The van der Waals surface area contributed by atoms with Crippen LogP contribution in [-0.4, -0.2) is 29.1 Å². The molecule has 1 fully saturated rings. The molecule has 0 aromatic carbocycles. The number of hydrogen-bond donors (Lipinski definition) is 1. The van der Waals surface area contributed by atoms with Crippen molar-refractivity contribution >= 4 is 11.6 Å². The number of anilines is 2. The van der Waals surface area contributed by atoms with E-state index in [1.807, 2.05) is 6.20 Å². The van der Waals surface area contributed by atoms with E-state index in [0.717, 1.165) is 24.7 Å². The van der Waals surface area contributed by atoms with Gasteiger partial charge in [0, 0.05) is 19.1 Å². The third-order valence-electron chi connectivity index (χ3n) is 3.34. The van der Waals surface area contributed by atoms with Gasteiger partial charge in [0.1, 0.15) is 11.6 Å². The summed E-state index contributed by atoms with van der Waals surface area (Å²) >= 11 is 0. The van der Waals surface area contributed by atoms with E-state index in [9.17, 15) is 0 Å². The van der Waals surface area contributed by atoms with Gasteiger partial charge in [0.05, 0.1) is 12.4 Å². The Balaban J connectivity index is 2.18. The van der Waals surface area contributed by atoms with Crippen molar-refractivity contribution in [3.05, 3.63) is 12.4 Å². The van der Waals surface area contributed by atoms with Crippen molar-refractivity contribution < 1.29 is 0 Å². The van der Waals surface area contributed by atoms with Crippen LogP contribution in [0.2, 0.25) is 0 Å². The highest BCUT2D eigenvalue weighted by atomic mass is 15.2. The SMILES string of the molecule is CCNc1cncc(N2CCCC2C(C)C)n1. The van der Waals surface area contributed by atoms with Crippen LogP contribution in [-0.2, 0) is 0 Å². The summed E-state index contributed by atoms with van der Waals surface area (Å²) in [4.78, 5) is 11.3. The van der Waals surface area contributed by atoms with Crippen molar-refractivity contribution in [2.75, 3.05) is 23.3 Å². The van der Waals surface area contributed by atoms with Crippen LogP contribution in [0.5, 0.6) is 0 Å². The molecule has 2 rings (SSSR count). The Bertz CT molecular complexity index is 364. The van der Waals surface area contributed by atoms with Gasteiger partial charge in [-0.1, -0.05) is 13.8 Å². The quantitative estimate of drug-likeness (QED) is 0.869. The van der Waals surface area contributed by atoms with Crippen LogP contribution in [0.4, 0.5) is 11.6 Å². The average molecular weight is 234 g/mol. The van der Waals surface area contributed by atoms with Crippen LogP contribution in [0.3, 0.4) is 0 Å². The lowest BCUT2D eigenvalue weighted by Crippen LogP contribution is -2.34. The molecule has 1 atom stereocenters. The van der Waals surface area contributed by atoms with E-state index >= 15 is 0 Å². The van der Waals surface area contributed by atoms with Crippen molar-refractivity contribution in [1.82, 2.24) is 9.97 Å². The molecule has 1 aliphatic rings. The largest absolute Gasteiger partial charge is 0.369 e. The molecular weight excluding hydrogens is 212 g/mol. The Morgan fingerprint density at radius 1 is 1.47 bits per heavy atom. The zero-order valence-corrected chi connectivity index (χ0v) is 11.0. The Labute approximate surface area is 103 Å². The van der Waals surface area contributed by atoms with Crippen molar-refractivity contribution in [2.24, 2.45) is 5.92 Å². The monoisotopic (exact) mass is 234 g/mol. The summed E-state index contributed by atoms with van der Waals surface area (Å²) in [5.74, 6) is 2.56. The maximum Gasteiger partial charge on any atom is 0.149 e. The predicted molar refractivity (Wildman–Crippen MR) is 71.4 cm³/mol. The molecule has 0 bridgehead atoms. The molecule has 0 saturated carbocycles. The van der Waals surface area contributed by atoms with Crippen LogP contribution in [0.25, 0.3) is 0 Å². The Morgan fingerprint density at radius 3 is 3.00 bits per heavy atom. The number of nitrogens with zero attached hydrogens (tertiary/aromatic N) is 3. The van der Waals surface area contributed by atoms with Gasteiger partial charge >= 0.3 is 0 Å². The molecule has 2 heterocycles. The second-order valence-corrected chi connectivity index (χ2v) is 4.94. The number of rotatable bonds is 4. The number of hydrogen-bond acceptors (Lipinski definition) is 4. The second-order valence-electron chi connectivity index (χ2n) is 4.94. The van der Waals surface area contributed by atoms with Crippen molar-refractivity contribution in [3.8, 4) is 0 Å². The molecule has 1 aliphatic heterocycles. The second kappa shape index (κ2) is 5.34. The number of aromatic nitrogens is 2. The van der Waals surface area contributed by atoms with E-state index in [2.05, 4.69) is 41.0 Å². The fourth-order valence-electron chi connectivity index (χ4n) is 2.53. The highest BCUT2D eigenvalue weighted by Gasteiger charge is 2.28. The third kappa shape index (κ3) is 2.68. The van der Waals surface area contributed by atoms with Crippen LogP contribution in [0.1, 0.15) is 33.6 Å². The highest BCUT2D eigenvalue weighted by molar-refractivity contribution is 5.45. The lowest BCUT2D eigenvalue weighted by Gasteiger charge is -2.28. The molecule has 0 radical (unpaired) electrons. The molecule has 1 N–H and O–H groups in total. The Kier molecular flexibility index (Phi) is 3.82. The third-order valence-corrected chi connectivity index (χ3v) is 3.34. The van der Waals surface area contributed by atoms with Crippen molar-refractivity contribution in [2.45, 2.75) is 39.7 Å². The van der Waals surface area contributed by atoms with Gasteiger partial charge in [-0.3, -0.25) is 4.98 Å². The van der Waals surface area contributed by atoms with Gasteiger partial charge in [-0.15, -0.1) is 0 Å². The van der Waals surface area contributed by atoms with E-state index < -0.39 is 0 Å². The molecule has 94 valence electrons. The van der Waals surface area contributed by atoms with Crippen LogP contribution in [0, 0.1) is 5.92 Å². The molecule has 4 heteroatoms. The normalized spacial score (nSPS) is 20.0. The van der Waals surface area contributed by atoms with Gasteiger partial charge in [-0.25, -0.2) is 4.98 Å². The Morgan fingerprint density at radius 2 is 2.29 bits per heavy atom. The fourth-order valence-corrected chi connectivity index (χ4v) is 2.53. The van der Waals surface area contributed by atoms with Gasteiger partial charge in [0.25, 0.3) is 0 Å². The summed E-state index contributed by atoms with van der Waals surface area (Å²) < 4.78 is 0. The lowest BCUT2D eigenvalue weighted by molar-refractivity contribution is 0.489. The summed E-state index contributed by atoms with van der Waals surface area (Å²) in [6.07, 6.45) is 6.19. The van der Waals surface area contributed by atoms with Crippen LogP contribution in [0.15, 0.2) is 12.4 Å². The molecule has 1 aromatic heterocycles. The topological polar surface area (TPSA) is 41.1 Å². The van der Waals surface area contributed by atoms with Gasteiger partial charge in [-0.05, 0) is 25.7 Å². The van der Waals surface area contributed by atoms with Crippen molar-refractivity contribution in [3.63, 3.8) is 0 Å². The standard InChI is InChI=1S/C13H22N4/c1-4-15-12-8-14-9-13(16-12)17-7-5-6-11(17)10(2)3/h8-11H,4-7H2,1-3H3,(H,15,16). The maximum atomic E-state index is 4.63. The zero-order valence-electron chi connectivity index (χ0n) is 11.0. The van der Waals surface area contributed by atoms with Crippen molar-refractivity contribution in [1.29, 1.82) is 0 Å². The first-order valence-corrected chi connectivity index (χ1v) is 6.55. The minimum absolute atomic E-state index is 0.612. The van der Waals surface area contributed by atoms with E-state index in [4.69, 9.17) is 0 Å². The molecule has 17 heavy (non-hydrogen) atoms. The first-order chi connectivity index (χ1) is 8.22. The summed E-state index contributed by atoms with van der Waals surface area (Å²) in [6.45, 7) is 8.62. The van der Waals surface area contributed by atoms with Gasteiger partial charge in [0.2, 0.25) is 0 Å². The van der Waals surface area contributed by atoms with Crippen LogP contribution >= 0.6 is 0 Å². The molecule has 0 aliphatic carbocycles. The Hall–Kier alpha value is -1.32.